The molecule has 9 heteroatoms. The van der Waals surface area contributed by atoms with Crippen LogP contribution < -0.4 is 10.3 Å². The lowest BCUT2D eigenvalue weighted by atomic mass is 10.1. The Hall–Kier alpha value is -3.30. The minimum Gasteiger partial charge on any atom is -0.488 e. The van der Waals surface area contributed by atoms with E-state index in [4.69, 9.17) is 9.84 Å². The van der Waals surface area contributed by atoms with Crippen molar-refractivity contribution in [1.82, 2.24) is 9.66 Å². The number of ether oxygens (including phenoxy) is 1. The zero-order chi connectivity index (χ0) is 24.9. The van der Waals surface area contributed by atoms with E-state index in [2.05, 4.69) is 41.9 Å². The maximum absolute atomic E-state index is 13.2. The van der Waals surface area contributed by atoms with E-state index in [-0.39, 0.29) is 17.7 Å². The second kappa shape index (κ2) is 11.0. The molecule has 1 heterocycles. The van der Waals surface area contributed by atoms with Crippen LogP contribution in [0.1, 0.15) is 40.7 Å². The summed E-state index contributed by atoms with van der Waals surface area (Å²) in [5, 5.41) is 14.0. The number of fused-ring (bicyclic) bond motifs is 1. The molecule has 35 heavy (non-hydrogen) atoms. The van der Waals surface area contributed by atoms with Crippen molar-refractivity contribution in [1.29, 1.82) is 0 Å². The van der Waals surface area contributed by atoms with Crippen molar-refractivity contribution in [2.75, 3.05) is 0 Å². The van der Waals surface area contributed by atoms with Crippen LogP contribution >= 0.6 is 31.9 Å². The van der Waals surface area contributed by atoms with Crippen LogP contribution in [0.2, 0.25) is 0 Å². The number of aromatic nitrogens is 2. The highest BCUT2D eigenvalue weighted by Gasteiger charge is 2.11. The normalized spacial score (nSPS) is 11.3. The molecule has 0 unspecified atom stereocenters. The van der Waals surface area contributed by atoms with Crippen LogP contribution in [0, 0.1) is 0 Å². The van der Waals surface area contributed by atoms with Crippen LogP contribution in [0.3, 0.4) is 0 Å². The summed E-state index contributed by atoms with van der Waals surface area (Å²) in [5.41, 5.74) is 2.10. The molecular formula is C26H21Br2N3O4. The number of halogens is 2. The molecule has 0 radical (unpaired) electrons. The van der Waals surface area contributed by atoms with Gasteiger partial charge in [0.1, 0.15) is 18.2 Å². The van der Waals surface area contributed by atoms with E-state index in [0.29, 0.717) is 34.5 Å². The van der Waals surface area contributed by atoms with Crippen molar-refractivity contribution in [3.63, 3.8) is 0 Å². The van der Waals surface area contributed by atoms with Crippen molar-refractivity contribution in [3.8, 4) is 5.75 Å². The molecule has 0 atom stereocenters. The standard InChI is InChI=1S/C26H21Br2N3O4/c1-2-3-24-30-22-10-8-20(28)13-21(22)25(32)31(24)29-14-18-12-19(27)9-11-23(18)35-15-16-4-6-17(7-5-16)26(33)34/h4-14H,2-3,15H2,1H3,(H,33,34). The molecule has 7 nitrogen and oxygen atoms in total. The Balaban J connectivity index is 1.66. The van der Waals surface area contributed by atoms with Crippen molar-refractivity contribution in [2.24, 2.45) is 5.10 Å². The molecule has 0 amide bonds. The van der Waals surface area contributed by atoms with Gasteiger partial charge in [-0.25, -0.2) is 9.78 Å². The minimum atomic E-state index is -0.975. The first-order valence-corrected chi connectivity index (χ1v) is 12.4. The highest BCUT2D eigenvalue weighted by molar-refractivity contribution is 9.10. The predicted molar refractivity (Wildman–Crippen MR) is 143 cm³/mol. The van der Waals surface area contributed by atoms with E-state index in [1.165, 1.54) is 16.8 Å². The summed E-state index contributed by atoms with van der Waals surface area (Å²) in [7, 11) is 0. The number of carboxylic acids is 1. The number of nitrogens with zero attached hydrogens (tertiary/aromatic N) is 3. The molecule has 0 bridgehead atoms. The van der Waals surface area contributed by atoms with Crippen LogP contribution in [0.15, 0.2) is 79.5 Å². The van der Waals surface area contributed by atoms with E-state index in [0.717, 1.165) is 20.9 Å². The molecule has 0 aliphatic heterocycles. The molecular weight excluding hydrogens is 578 g/mol. The van der Waals surface area contributed by atoms with Crippen LogP contribution in [-0.2, 0) is 13.0 Å². The van der Waals surface area contributed by atoms with Gasteiger partial charge in [-0.15, -0.1) is 0 Å². The van der Waals surface area contributed by atoms with Gasteiger partial charge in [-0.1, -0.05) is 50.9 Å². The van der Waals surface area contributed by atoms with Crippen molar-refractivity contribution in [2.45, 2.75) is 26.4 Å². The fourth-order valence-corrected chi connectivity index (χ4v) is 4.22. The van der Waals surface area contributed by atoms with Crippen LogP contribution in [0.5, 0.6) is 5.75 Å². The average Bonchev–Trinajstić information content (AvgIpc) is 2.84. The molecule has 1 N–H and O–H groups in total. The van der Waals surface area contributed by atoms with Gasteiger partial charge in [0.2, 0.25) is 0 Å². The SMILES string of the molecule is CCCc1nc2ccc(Br)cc2c(=O)n1N=Cc1cc(Br)ccc1OCc1ccc(C(=O)O)cc1. The van der Waals surface area contributed by atoms with Gasteiger partial charge in [0.15, 0.2) is 0 Å². The topological polar surface area (TPSA) is 93.8 Å². The molecule has 4 aromatic rings. The van der Waals surface area contributed by atoms with E-state index >= 15 is 0 Å². The third-order valence-electron chi connectivity index (χ3n) is 5.23. The summed E-state index contributed by atoms with van der Waals surface area (Å²) >= 11 is 6.89. The Morgan fingerprint density at radius 3 is 2.51 bits per heavy atom. The van der Waals surface area contributed by atoms with Crippen molar-refractivity contribution in [3.05, 3.63) is 102 Å². The van der Waals surface area contributed by atoms with E-state index in [9.17, 15) is 9.59 Å². The smallest absolute Gasteiger partial charge is 0.335 e. The average molecular weight is 599 g/mol. The number of hydrogen-bond donors (Lipinski definition) is 1. The number of benzene rings is 3. The maximum Gasteiger partial charge on any atom is 0.335 e. The summed E-state index contributed by atoms with van der Waals surface area (Å²) < 4.78 is 8.96. The third-order valence-corrected chi connectivity index (χ3v) is 6.21. The maximum atomic E-state index is 13.2. The lowest BCUT2D eigenvalue weighted by Gasteiger charge is -2.11. The van der Waals surface area contributed by atoms with Gasteiger partial charge in [-0.3, -0.25) is 4.79 Å². The number of rotatable bonds is 8. The van der Waals surface area contributed by atoms with E-state index < -0.39 is 5.97 Å². The van der Waals surface area contributed by atoms with E-state index in [1.807, 2.05) is 37.3 Å². The molecule has 1 aromatic heterocycles. The third kappa shape index (κ3) is 5.86. The number of aryl methyl sites for hydroxylation is 1. The zero-order valence-electron chi connectivity index (χ0n) is 18.7. The van der Waals surface area contributed by atoms with Gasteiger partial charge in [-0.2, -0.15) is 9.78 Å². The van der Waals surface area contributed by atoms with Crippen molar-refractivity contribution >= 4 is 54.9 Å². The van der Waals surface area contributed by atoms with E-state index in [1.54, 1.807) is 24.4 Å². The van der Waals surface area contributed by atoms with Gasteiger partial charge in [0, 0.05) is 20.9 Å². The first-order valence-electron chi connectivity index (χ1n) is 10.9. The van der Waals surface area contributed by atoms with Crippen LogP contribution in [0.4, 0.5) is 0 Å². The first kappa shape index (κ1) is 24.8. The summed E-state index contributed by atoms with van der Waals surface area (Å²) in [5.74, 6) is 0.178. The Morgan fingerprint density at radius 1 is 1.09 bits per heavy atom. The Bertz CT molecular complexity index is 1480. The fraction of sp³-hybridized carbons (Fsp3) is 0.154. The number of carboxylic acid groups (broad SMARTS) is 1. The van der Waals surface area contributed by atoms with Gasteiger partial charge in [-0.05, 0) is 60.5 Å². The van der Waals surface area contributed by atoms with Gasteiger partial charge in [0.05, 0.1) is 22.7 Å². The molecule has 0 aliphatic rings. The lowest BCUT2D eigenvalue weighted by molar-refractivity contribution is 0.0697. The molecule has 0 saturated carbocycles. The monoisotopic (exact) mass is 597 g/mol. The van der Waals surface area contributed by atoms with Gasteiger partial charge >= 0.3 is 5.97 Å². The van der Waals surface area contributed by atoms with Crippen LogP contribution in [0.25, 0.3) is 10.9 Å². The highest BCUT2D eigenvalue weighted by atomic mass is 79.9. The molecule has 4 rings (SSSR count). The van der Waals surface area contributed by atoms with Gasteiger partial charge < -0.3 is 9.84 Å². The van der Waals surface area contributed by atoms with Crippen molar-refractivity contribution < 1.29 is 14.6 Å². The molecule has 0 fully saturated rings. The molecule has 0 spiro atoms. The summed E-state index contributed by atoms with van der Waals surface area (Å²) in [6, 6.07) is 17.4. The highest BCUT2D eigenvalue weighted by Crippen LogP contribution is 2.23. The summed E-state index contributed by atoms with van der Waals surface area (Å²) in [6.07, 6.45) is 3.00. The Kier molecular flexibility index (Phi) is 7.77. The molecule has 178 valence electrons. The first-order chi connectivity index (χ1) is 16.9. The number of hydrogen-bond acceptors (Lipinski definition) is 5. The number of aromatic carboxylic acids is 1. The fourth-order valence-electron chi connectivity index (χ4n) is 3.48. The van der Waals surface area contributed by atoms with Gasteiger partial charge in [0.25, 0.3) is 5.56 Å². The summed E-state index contributed by atoms with van der Waals surface area (Å²) in [4.78, 5) is 29.0. The second-order valence-electron chi connectivity index (χ2n) is 7.77. The quantitative estimate of drug-likeness (QED) is 0.250. The molecule has 3 aromatic carbocycles. The lowest BCUT2D eigenvalue weighted by Crippen LogP contribution is -2.22. The minimum absolute atomic E-state index is 0.217. The predicted octanol–water partition coefficient (Wildman–Crippen LogP) is 6.03. The largest absolute Gasteiger partial charge is 0.488 e. The number of carbonyl (C=O) groups is 1. The van der Waals surface area contributed by atoms with Crippen LogP contribution in [-0.4, -0.2) is 27.0 Å². The summed E-state index contributed by atoms with van der Waals surface area (Å²) in [6.45, 7) is 2.27. The zero-order valence-corrected chi connectivity index (χ0v) is 21.9. The Morgan fingerprint density at radius 2 is 1.80 bits per heavy atom. The second-order valence-corrected chi connectivity index (χ2v) is 9.61. The molecule has 0 saturated heterocycles. The molecule has 0 aliphatic carbocycles. The Labute approximate surface area is 218 Å².